The van der Waals surface area contributed by atoms with E-state index in [1.807, 2.05) is 54.8 Å². The number of fused-ring (bicyclic) bond motifs is 1. The van der Waals surface area contributed by atoms with Crippen LogP contribution in [0.2, 0.25) is 0 Å². The number of nitrogens with zero attached hydrogens (tertiary/aromatic N) is 3. The van der Waals surface area contributed by atoms with Gasteiger partial charge < -0.3 is 24.5 Å². The summed E-state index contributed by atoms with van der Waals surface area (Å²) in [5.74, 6) is 2.32. The number of pyridine rings is 1. The molecule has 1 unspecified atom stereocenters. The Balaban J connectivity index is 0.00000363. The van der Waals surface area contributed by atoms with Crippen molar-refractivity contribution in [2.45, 2.75) is 40.2 Å². The van der Waals surface area contributed by atoms with Gasteiger partial charge in [-0.1, -0.05) is 12.1 Å². The molecule has 1 atom stereocenters. The Morgan fingerprint density at radius 3 is 2.59 bits per heavy atom. The topological polar surface area (TPSA) is 72.2 Å². The molecule has 7 nitrogen and oxygen atoms in total. The Morgan fingerprint density at radius 2 is 1.88 bits per heavy atom. The number of guanidine groups is 1. The first-order valence-electron chi connectivity index (χ1n) is 11.0. The van der Waals surface area contributed by atoms with Crippen LogP contribution in [0.4, 0.5) is 0 Å². The van der Waals surface area contributed by atoms with Crippen LogP contribution in [0, 0.1) is 0 Å². The van der Waals surface area contributed by atoms with Crippen LogP contribution < -0.4 is 20.1 Å². The molecule has 1 aromatic carbocycles. The molecular weight excluding hydrogens is 517 g/mol. The van der Waals surface area contributed by atoms with Gasteiger partial charge in [0, 0.05) is 31.9 Å². The van der Waals surface area contributed by atoms with E-state index in [9.17, 15) is 0 Å². The van der Waals surface area contributed by atoms with Gasteiger partial charge in [0.15, 0.2) is 17.5 Å². The van der Waals surface area contributed by atoms with E-state index in [0.29, 0.717) is 19.8 Å². The van der Waals surface area contributed by atoms with Gasteiger partial charge in [0.05, 0.1) is 24.9 Å². The van der Waals surface area contributed by atoms with Crippen LogP contribution in [-0.4, -0.2) is 41.6 Å². The number of nitrogens with one attached hydrogen (secondary N) is 2. The maximum atomic E-state index is 5.76. The molecule has 0 amide bonds. The molecule has 0 aliphatic heterocycles. The predicted molar refractivity (Wildman–Crippen MR) is 141 cm³/mol. The van der Waals surface area contributed by atoms with E-state index >= 15 is 0 Å². The Labute approximate surface area is 207 Å². The van der Waals surface area contributed by atoms with Crippen LogP contribution in [0.25, 0.3) is 5.65 Å². The van der Waals surface area contributed by atoms with E-state index in [1.54, 1.807) is 0 Å². The molecular formula is C24H34IN5O2. The Morgan fingerprint density at radius 1 is 1.09 bits per heavy atom. The molecule has 32 heavy (non-hydrogen) atoms. The molecule has 0 radical (unpaired) electrons. The summed E-state index contributed by atoms with van der Waals surface area (Å²) >= 11 is 0. The summed E-state index contributed by atoms with van der Waals surface area (Å²) in [6, 6.07) is 12.1. The summed E-state index contributed by atoms with van der Waals surface area (Å²) in [7, 11) is 0. The number of rotatable bonds is 10. The second-order valence-corrected chi connectivity index (χ2v) is 7.15. The summed E-state index contributed by atoms with van der Waals surface area (Å²) in [6.45, 7) is 10.8. The van der Waals surface area contributed by atoms with Gasteiger partial charge in [0.25, 0.3) is 0 Å². The fourth-order valence-electron chi connectivity index (χ4n) is 3.34. The zero-order valence-electron chi connectivity index (χ0n) is 19.3. The lowest BCUT2D eigenvalue weighted by atomic mass is 10.1. The van der Waals surface area contributed by atoms with Gasteiger partial charge in [-0.15, -0.1) is 24.0 Å². The summed E-state index contributed by atoms with van der Waals surface area (Å²) in [5.41, 5.74) is 3.10. The van der Waals surface area contributed by atoms with E-state index in [4.69, 9.17) is 14.5 Å². The van der Waals surface area contributed by atoms with Gasteiger partial charge >= 0.3 is 0 Å². The van der Waals surface area contributed by atoms with Gasteiger partial charge in [0.1, 0.15) is 5.65 Å². The number of benzene rings is 1. The van der Waals surface area contributed by atoms with E-state index < -0.39 is 0 Å². The van der Waals surface area contributed by atoms with E-state index in [-0.39, 0.29) is 30.0 Å². The Bertz CT molecular complexity index is 972. The minimum atomic E-state index is 0. The first kappa shape index (κ1) is 25.8. The third-order valence-corrected chi connectivity index (χ3v) is 4.82. The third-order valence-electron chi connectivity index (χ3n) is 4.82. The van der Waals surface area contributed by atoms with Crippen molar-refractivity contribution < 1.29 is 9.47 Å². The highest BCUT2D eigenvalue weighted by molar-refractivity contribution is 14.0. The third kappa shape index (κ3) is 7.01. The zero-order valence-corrected chi connectivity index (χ0v) is 21.6. The van der Waals surface area contributed by atoms with Crippen molar-refractivity contribution in [2.24, 2.45) is 4.99 Å². The smallest absolute Gasteiger partial charge is 0.191 e. The molecule has 0 spiro atoms. The number of aromatic nitrogens is 2. The number of hydrogen-bond donors (Lipinski definition) is 2. The summed E-state index contributed by atoms with van der Waals surface area (Å²) in [6.07, 6.45) is 4.85. The molecule has 2 N–H and O–H groups in total. The first-order chi connectivity index (χ1) is 15.1. The van der Waals surface area contributed by atoms with Crippen LogP contribution in [0.1, 0.15) is 45.0 Å². The number of ether oxygens (including phenoxy) is 2. The molecule has 2 aromatic heterocycles. The Hall–Kier alpha value is -2.49. The first-order valence-corrected chi connectivity index (χ1v) is 11.0. The zero-order chi connectivity index (χ0) is 22.1. The SMILES string of the molecule is CCNC(=NCCc1cn2ccccc2n1)NC(C)c1ccc(OCC)c(OCC)c1.I. The van der Waals surface area contributed by atoms with Crippen LogP contribution in [0.3, 0.4) is 0 Å². The average molecular weight is 551 g/mol. The van der Waals surface area contributed by atoms with Gasteiger partial charge in [-0.2, -0.15) is 0 Å². The molecule has 0 fully saturated rings. The second kappa shape index (κ2) is 13.1. The van der Waals surface area contributed by atoms with Crippen molar-refractivity contribution in [1.29, 1.82) is 0 Å². The monoisotopic (exact) mass is 551 g/mol. The lowest BCUT2D eigenvalue weighted by molar-refractivity contribution is 0.287. The molecule has 8 heteroatoms. The van der Waals surface area contributed by atoms with E-state index in [2.05, 4.69) is 41.7 Å². The fraction of sp³-hybridized carbons (Fsp3) is 0.417. The van der Waals surface area contributed by atoms with Crippen molar-refractivity contribution in [1.82, 2.24) is 20.0 Å². The molecule has 174 valence electrons. The maximum Gasteiger partial charge on any atom is 0.191 e. The van der Waals surface area contributed by atoms with Crippen molar-refractivity contribution >= 4 is 35.6 Å². The van der Waals surface area contributed by atoms with Crippen LogP contribution in [0.5, 0.6) is 11.5 Å². The van der Waals surface area contributed by atoms with Crippen molar-refractivity contribution in [2.75, 3.05) is 26.3 Å². The molecule has 0 aliphatic rings. The van der Waals surface area contributed by atoms with Crippen LogP contribution >= 0.6 is 24.0 Å². The van der Waals surface area contributed by atoms with Crippen molar-refractivity contribution in [3.63, 3.8) is 0 Å². The van der Waals surface area contributed by atoms with Crippen LogP contribution in [-0.2, 0) is 6.42 Å². The molecule has 3 rings (SSSR count). The highest BCUT2D eigenvalue weighted by Gasteiger charge is 2.12. The molecule has 0 saturated heterocycles. The van der Waals surface area contributed by atoms with Crippen molar-refractivity contribution in [3.8, 4) is 11.5 Å². The van der Waals surface area contributed by atoms with Gasteiger partial charge in [-0.25, -0.2) is 4.98 Å². The highest BCUT2D eigenvalue weighted by Crippen LogP contribution is 2.30. The average Bonchev–Trinajstić information content (AvgIpc) is 3.18. The molecule has 0 bridgehead atoms. The second-order valence-electron chi connectivity index (χ2n) is 7.15. The molecule has 3 aromatic rings. The molecule has 0 saturated carbocycles. The predicted octanol–water partition coefficient (Wildman–Crippen LogP) is 4.61. The summed E-state index contributed by atoms with van der Waals surface area (Å²) < 4.78 is 13.5. The van der Waals surface area contributed by atoms with E-state index in [1.165, 1.54) is 0 Å². The number of imidazole rings is 1. The molecule has 2 heterocycles. The largest absolute Gasteiger partial charge is 0.490 e. The van der Waals surface area contributed by atoms with Crippen LogP contribution in [0.15, 0.2) is 53.8 Å². The number of hydrogen-bond acceptors (Lipinski definition) is 4. The maximum absolute atomic E-state index is 5.76. The van der Waals surface area contributed by atoms with Gasteiger partial charge in [-0.05, 0) is 57.5 Å². The minimum Gasteiger partial charge on any atom is -0.490 e. The highest BCUT2D eigenvalue weighted by atomic mass is 127. The standard InChI is InChI=1S/C24H33N5O2.HI/c1-5-25-24(26-14-13-20-17-29-15-9-8-10-23(29)28-20)27-18(4)19-11-12-21(30-6-2)22(16-19)31-7-3;/h8-12,15-18H,5-7,13-14H2,1-4H3,(H2,25,26,27);1H. The number of halogens is 1. The number of aliphatic imine (C=N–C) groups is 1. The van der Waals surface area contributed by atoms with Gasteiger partial charge in [0.2, 0.25) is 0 Å². The lowest BCUT2D eigenvalue weighted by Gasteiger charge is -2.20. The van der Waals surface area contributed by atoms with Gasteiger partial charge in [-0.3, -0.25) is 4.99 Å². The minimum absolute atomic E-state index is 0. The summed E-state index contributed by atoms with van der Waals surface area (Å²) in [5, 5.41) is 6.81. The fourth-order valence-corrected chi connectivity index (χ4v) is 3.34. The molecule has 0 aliphatic carbocycles. The quantitative estimate of drug-likeness (QED) is 0.219. The normalized spacial score (nSPS) is 12.2. The lowest BCUT2D eigenvalue weighted by Crippen LogP contribution is -2.38. The summed E-state index contributed by atoms with van der Waals surface area (Å²) in [4.78, 5) is 9.38. The Kier molecular flexibility index (Phi) is 10.6. The van der Waals surface area contributed by atoms with E-state index in [0.717, 1.165) is 47.3 Å². The van der Waals surface area contributed by atoms with Crippen molar-refractivity contribution in [3.05, 3.63) is 60.0 Å².